The maximum absolute atomic E-state index is 14.5. The van der Waals surface area contributed by atoms with E-state index >= 15 is 0 Å². The summed E-state index contributed by atoms with van der Waals surface area (Å²) in [6.07, 6.45) is 1.16. The van der Waals surface area contributed by atoms with Crippen molar-refractivity contribution in [2.75, 3.05) is 13.1 Å². The standard InChI is InChI=1S/C21H23F3N2O3/c1-18(29)7-13(8-18)25-16(27)9-26-11-19(10-21(19,23)24)15-6-12(20(22)4-5-20)2-3-14(15)17(26)28/h2-3,6,13,29H,4-5,7-11H2,1H3,(H,25,27)/t13?,18?,19-/m1/s1. The number of nitrogens with one attached hydrogen (secondary N) is 1. The van der Waals surface area contributed by atoms with Gasteiger partial charge in [-0.25, -0.2) is 13.2 Å². The number of hydrogen-bond donors (Lipinski definition) is 2. The fraction of sp³-hybridized carbons (Fsp3) is 0.619. The molecule has 1 aromatic rings. The van der Waals surface area contributed by atoms with E-state index in [0.717, 1.165) is 4.90 Å². The second kappa shape index (κ2) is 5.53. The monoisotopic (exact) mass is 408 g/mol. The topological polar surface area (TPSA) is 69.6 Å². The van der Waals surface area contributed by atoms with Crippen LogP contribution in [-0.4, -0.2) is 52.5 Å². The third-order valence-corrected chi connectivity index (χ3v) is 6.89. The average Bonchev–Trinajstić information content (AvgIpc) is 3.47. The van der Waals surface area contributed by atoms with E-state index < -0.39 is 40.8 Å². The van der Waals surface area contributed by atoms with Gasteiger partial charge in [0.2, 0.25) is 5.91 Å². The van der Waals surface area contributed by atoms with Crippen molar-refractivity contribution in [1.29, 1.82) is 0 Å². The zero-order valence-electron chi connectivity index (χ0n) is 16.1. The molecule has 8 heteroatoms. The quantitative estimate of drug-likeness (QED) is 0.804. The van der Waals surface area contributed by atoms with Crippen molar-refractivity contribution in [1.82, 2.24) is 10.2 Å². The lowest BCUT2D eigenvalue weighted by molar-refractivity contribution is -0.125. The number of rotatable bonds is 4. The molecule has 0 unspecified atom stereocenters. The Morgan fingerprint density at radius 1 is 1.28 bits per heavy atom. The largest absolute Gasteiger partial charge is 0.390 e. The second-order valence-corrected chi connectivity index (χ2v) is 9.52. The molecule has 5 rings (SSSR count). The van der Waals surface area contributed by atoms with Gasteiger partial charge in [-0.3, -0.25) is 9.59 Å². The summed E-state index contributed by atoms with van der Waals surface area (Å²) in [6, 6.07) is 4.19. The van der Waals surface area contributed by atoms with Gasteiger partial charge in [0.15, 0.2) is 0 Å². The molecule has 1 aromatic carbocycles. The van der Waals surface area contributed by atoms with Crippen LogP contribution in [0.25, 0.3) is 0 Å². The molecular weight excluding hydrogens is 385 g/mol. The number of carbonyl (C=O) groups excluding carboxylic acids is 2. The first-order chi connectivity index (χ1) is 13.4. The lowest BCUT2D eigenvalue weighted by atomic mass is 9.77. The predicted molar refractivity (Wildman–Crippen MR) is 97.4 cm³/mol. The minimum Gasteiger partial charge on any atom is -0.390 e. The van der Waals surface area contributed by atoms with Gasteiger partial charge in [0.1, 0.15) is 5.67 Å². The van der Waals surface area contributed by atoms with Gasteiger partial charge in [-0.1, -0.05) is 12.1 Å². The number of alkyl halides is 3. The van der Waals surface area contributed by atoms with Crippen molar-refractivity contribution < 1.29 is 27.9 Å². The fourth-order valence-electron chi connectivity index (χ4n) is 4.93. The molecule has 0 saturated heterocycles. The van der Waals surface area contributed by atoms with E-state index in [0.29, 0.717) is 31.2 Å². The van der Waals surface area contributed by atoms with Crippen LogP contribution in [0, 0.1) is 0 Å². The molecule has 0 bridgehead atoms. The molecule has 1 aliphatic heterocycles. The Kier molecular flexibility index (Phi) is 3.61. The summed E-state index contributed by atoms with van der Waals surface area (Å²) in [6.45, 7) is 1.10. The maximum atomic E-state index is 14.5. The van der Waals surface area contributed by atoms with E-state index in [-0.39, 0.29) is 30.3 Å². The van der Waals surface area contributed by atoms with Crippen molar-refractivity contribution in [2.45, 2.75) is 67.7 Å². The predicted octanol–water partition coefficient (Wildman–Crippen LogP) is 2.41. The highest BCUT2D eigenvalue weighted by Crippen LogP contribution is 2.64. The summed E-state index contributed by atoms with van der Waals surface area (Å²) in [4.78, 5) is 26.4. The first-order valence-electron chi connectivity index (χ1n) is 9.98. The molecule has 1 heterocycles. The normalized spacial score (nSPS) is 35.7. The number of amides is 2. The number of benzene rings is 1. The van der Waals surface area contributed by atoms with E-state index in [1.807, 2.05) is 0 Å². The van der Waals surface area contributed by atoms with Gasteiger partial charge in [-0.2, -0.15) is 0 Å². The van der Waals surface area contributed by atoms with Crippen LogP contribution in [0.2, 0.25) is 0 Å². The molecule has 156 valence electrons. The average molecular weight is 408 g/mol. The Morgan fingerprint density at radius 3 is 2.48 bits per heavy atom. The molecule has 3 fully saturated rings. The molecular formula is C21H23F3N2O3. The van der Waals surface area contributed by atoms with Crippen LogP contribution in [0.15, 0.2) is 18.2 Å². The molecule has 5 nitrogen and oxygen atoms in total. The van der Waals surface area contributed by atoms with Gasteiger partial charge in [-0.05, 0) is 49.8 Å². The molecule has 2 amide bonds. The highest BCUT2D eigenvalue weighted by atomic mass is 19.3. The van der Waals surface area contributed by atoms with Crippen molar-refractivity contribution in [3.05, 3.63) is 34.9 Å². The lowest BCUT2D eigenvalue weighted by Gasteiger charge is -2.41. The third-order valence-electron chi connectivity index (χ3n) is 6.89. The summed E-state index contributed by atoms with van der Waals surface area (Å²) in [5.41, 5.74) is -3.12. The molecule has 1 spiro atoms. The van der Waals surface area contributed by atoms with Crippen molar-refractivity contribution >= 4 is 11.8 Å². The summed E-state index contributed by atoms with van der Waals surface area (Å²) < 4.78 is 43.3. The van der Waals surface area contributed by atoms with E-state index in [2.05, 4.69) is 5.32 Å². The zero-order valence-corrected chi connectivity index (χ0v) is 16.1. The second-order valence-electron chi connectivity index (χ2n) is 9.52. The number of nitrogens with zero attached hydrogens (tertiary/aromatic N) is 1. The van der Waals surface area contributed by atoms with E-state index in [1.165, 1.54) is 18.2 Å². The Labute approximate surface area is 166 Å². The van der Waals surface area contributed by atoms with Crippen molar-refractivity contribution in [3.8, 4) is 0 Å². The highest BCUT2D eigenvalue weighted by Gasteiger charge is 2.74. The van der Waals surface area contributed by atoms with Crippen molar-refractivity contribution in [2.24, 2.45) is 0 Å². The Morgan fingerprint density at radius 2 is 1.93 bits per heavy atom. The summed E-state index contributed by atoms with van der Waals surface area (Å²) in [5, 5.41) is 12.5. The van der Waals surface area contributed by atoms with Crippen molar-refractivity contribution in [3.63, 3.8) is 0 Å². The lowest BCUT2D eigenvalue weighted by Crippen LogP contribution is -2.56. The maximum Gasteiger partial charge on any atom is 0.260 e. The van der Waals surface area contributed by atoms with Crippen LogP contribution in [0.5, 0.6) is 0 Å². The van der Waals surface area contributed by atoms with E-state index in [4.69, 9.17) is 0 Å². The Bertz CT molecular complexity index is 920. The molecule has 0 radical (unpaired) electrons. The minimum absolute atomic E-state index is 0.126. The van der Waals surface area contributed by atoms with Gasteiger partial charge >= 0.3 is 0 Å². The number of hydrogen-bond acceptors (Lipinski definition) is 3. The van der Waals surface area contributed by atoms with Gasteiger partial charge in [-0.15, -0.1) is 0 Å². The summed E-state index contributed by atoms with van der Waals surface area (Å²) in [7, 11) is 0. The summed E-state index contributed by atoms with van der Waals surface area (Å²) >= 11 is 0. The molecule has 2 N–H and O–H groups in total. The SMILES string of the molecule is CC1(O)CC(NC(=O)CN2C[C@]3(CC3(F)F)c3cc(C4(F)CC4)ccc3C2=O)C1. The molecule has 3 aliphatic carbocycles. The number of carbonyl (C=O) groups is 2. The number of fused-ring (bicyclic) bond motifs is 2. The van der Waals surface area contributed by atoms with Gasteiger partial charge < -0.3 is 15.3 Å². The Balaban J connectivity index is 1.38. The van der Waals surface area contributed by atoms with Crippen LogP contribution in [0.4, 0.5) is 13.2 Å². The molecule has 1 atom stereocenters. The number of halogens is 3. The molecule has 0 aromatic heterocycles. The minimum atomic E-state index is -2.99. The summed E-state index contributed by atoms with van der Waals surface area (Å²) in [5.74, 6) is -3.91. The van der Waals surface area contributed by atoms with Crippen LogP contribution in [0.3, 0.4) is 0 Å². The molecule has 3 saturated carbocycles. The molecule has 4 aliphatic rings. The highest BCUT2D eigenvalue weighted by molar-refractivity contribution is 6.00. The smallest absolute Gasteiger partial charge is 0.260 e. The zero-order chi connectivity index (χ0) is 20.8. The third kappa shape index (κ3) is 2.86. The first-order valence-corrected chi connectivity index (χ1v) is 9.98. The number of aliphatic hydroxyl groups is 1. The van der Waals surface area contributed by atoms with Crippen LogP contribution in [0.1, 0.15) is 60.5 Å². The first kappa shape index (κ1) is 18.9. The molecule has 29 heavy (non-hydrogen) atoms. The fourth-order valence-corrected chi connectivity index (χ4v) is 4.93. The van der Waals surface area contributed by atoms with Gasteiger partial charge in [0, 0.05) is 24.6 Å². The Hall–Kier alpha value is -2.09. The van der Waals surface area contributed by atoms with Gasteiger partial charge in [0.25, 0.3) is 11.8 Å². The van der Waals surface area contributed by atoms with E-state index in [1.54, 1.807) is 6.92 Å². The van der Waals surface area contributed by atoms with E-state index in [9.17, 15) is 27.9 Å². The van der Waals surface area contributed by atoms with Gasteiger partial charge in [0.05, 0.1) is 17.6 Å². The van der Waals surface area contributed by atoms with Crippen LogP contribution >= 0.6 is 0 Å². The van der Waals surface area contributed by atoms with Crippen LogP contribution in [-0.2, 0) is 15.9 Å². The van der Waals surface area contributed by atoms with Crippen LogP contribution < -0.4 is 5.32 Å².